The maximum absolute atomic E-state index is 12.3. The first-order chi connectivity index (χ1) is 5.91. The number of hydrogen-bond donors (Lipinski definition) is 0. The van der Waals surface area contributed by atoms with Crippen LogP contribution >= 0.6 is 0 Å². The normalized spacial score (nSPS) is 12.2. The zero-order chi connectivity index (χ0) is 10.1. The average molecular weight is 184 g/mol. The van der Waals surface area contributed by atoms with Crippen LogP contribution in [-0.4, -0.2) is 4.98 Å². The largest absolute Gasteiger partial charge is 0.263 e. The maximum Gasteiger partial charge on any atom is 0.263 e. The lowest BCUT2D eigenvalue weighted by molar-refractivity contribution is 0.151. The zero-order valence-corrected chi connectivity index (χ0v) is 7.94. The van der Waals surface area contributed by atoms with E-state index in [0.717, 1.165) is 0 Å². The summed E-state index contributed by atoms with van der Waals surface area (Å²) in [5, 5.41) is 0. The second-order valence-corrected chi connectivity index (χ2v) is 3.97. The van der Waals surface area contributed by atoms with Crippen molar-refractivity contribution in [1.82, 2.24) is 4.98 Å². The highest BCUT2D eigenvalue weighted by Crippen LogP contribution is 2.24. The Balaban J connectivity index is 3.06. The Morgan fingerprint density at radius 2 is 2.00 bits per heavy atom. The number of hydrogen-bond acceptors (Lipinski definition) is 1. The van der Waals surface area contributed by atoms with Crippen LogP contribution in [0.3, 0.4) is 0 Å². The van der Waals surface area contributed by atoms with E-state index < -0.39 is 6.43 Å². The van der Waals surface area contributed by atoms with Gasteiger partial charge in [0.25, 0.3) is 6.43 Å². The molecule has 0 aliphatic carbocycles. The molecule has 0 N–H and O–H groups in total. The highest BCUT2D eigenvalue weighted by molar-refractivity contribution is 5.21. The van der Waals surface area contributed by atoms with Gasteiger partial charge in [0.15, 0.2) is 0 Å². The van der Waals surface area contributed by atoms with Crippen molar-refractivity contribution in [2.24, 2.45) is 0 Å². The Kier molecular flexibility index (Phi) is 2.64. The van der Waals surface area contributed by atoms with Crippen LogP contribution in [0.1, 0.15) is 38.5 Å². The third-order valence-corrected chi connectivity index (χ3v) is 1.74. The minimum absolute atomic E-state index is 0.0140. The standard InChI is InChI=1S/C10H12F2N/c1-10(2,3)8-6-7(9(11)12)4-5-13-8/h4,6,9H,1-3H3. The molecule has 0 saturated heterocycles. The summed E-state index contributed by atoms with van der Waals surface area (Å²) in [6.07, 6.45) is 0.0434. The molecule has 1 nitrogen and oxygen atoms in total. The number of halogens is 2. The van der Waals surface area contributed by atoms with Crippen LogP contribution in [0.15, 0.2) is 12.1 Å². The highest BCUT2D eigenvalue weighted by Gasteiger charge is 2.17. The lowest BCUT2D eigenvalue weighted by atomic mass is 9.91. The first kappa shape index (κ1) is 10.1. The van der Waals surface area contributed by atoms with Crippen LogP contribution < -0.4 is 0 Å². The summed E-state index contributed by atoms with van der Waals surface area (Å²) < 4.78 is 24.6. The Morgan fingerprint density at radius 1 is 1.38 bits per heavy atom. The van der Waals surface area contributed by atoms with Gasteiger partial charge in [-0.1, -0.05) is 20.8 Å². The van der Waals surface area contributed by atoms with Gasteiger partial charge in [0.2, 0.25) is 0 Å². The lowest BCUT2D eigenvalue weighted by Crippen LogP contribution is -2.13. The van der Waals surface area contributed by atoms with Gasteiger partial charge >= 0.3 is 0 Å². The van der Waals surface area contributed by atoms with E-state index in [4.69, 9.17) is 0 Å². The predicted octanol–water partition coefficient (Wildman–Crippen LogP) is 3.12. The van der Waals surface area contributed by atoms with Crippen molar-refractivity contribution in [3.63, 3.8) is 0 Å². The fraction of sp³-hybridized carbons (Fsp3) is 0.500. The summed E-state index contributed by atoms with van der Waals surface area (Å²) >= 11 is 0. The summed E-state index contributed by atoms with van der Waals surface area (Å²) in [5.41, 5.74) is 0.423. The predicted molar refractivity (Wildman–Crippen MR) is 46.7 cm³/mol. The van der Waals surface area contributed by atoms with E-state index in [1.165, 1.54) is 12.1 Å². The molecule has 71 valence electrons. The molecule has 0 aliphatic rings. The van der Waals surface area contributed by atoms with Crippen LogP contribution in [0.4, 0.5) is 8.78 Å². The van der Waals surface area contributed by atoms with E-state index >= 15 is 0 Å². The van der Waals surface area contributed by atoms with E-state index in [-0.39, 0.29) is 11.0 Å². The molecule has 3 heteroatoms. The van der Waals surface area contributed by atoms with E-state index in [1.807, 2.05) is 20.8 Å². The van der Waals surface area contributed by atoms with Crippen molar-refractivity contribution in [2.45, 2.75) is 32.6 Å². The van der Waals surface area contributed by atoms with Gasteiger partial charge in [0, 0.05) is 16.7 Å². The Bertz CT molecular complexity index is 289. The van der Waals surface area contributed by atoms with Gasteiger partial charge in [-0.15, -0.1) is 0 Å². The van der Waals surface area contributed by atoms with Crippen LogP contribution in [0, 0.1) is 6.20 Å². The third-order valence-electron chi connectivity index (χ3n) is 1.74. The molecule has 0 atom stereocenters. The van der Waals surface area contributed by atoms with Gasteiger partial charge in [-0.2, -0.15) is 0 Å². The summed E-state index contributed by atoms with van der Waals surface area (Å²) in [5.74, 6) is 0. The van der Waals surface area contributed by atoms with Crippen molar-refractivity contribution in [3.05, 3.63) is 29.6 Å². The van der Waals surface area contributed by atoms with Gasteiger partial charge in [0.1, 0.15) is 0 Å². The van der Waals surface area contributed by atoms with Crippen molar-refractivity contribution < 1.29 is 8.78 Å². The number of pyridine rings is 1. The van der Waals surface area contributed by atoms with Gasteiger partial charge < -0.3 is 0 Å². The molecule has 1 aromatic heterocycles. The Hall–Kier alpha value is -0.990. The number of alkyl halides is 2. The molecule has 1 rings (SSSR count). The SMILES string of the molecule is CC(C)(C)c1cc(C(F)F)c[c]n1. The minimum Gasteiger partial charge on any atom is -0.251 e. The van der Waals surface area contributed by atoms with Crippen LogP contribution in [0.2, 0.25) is 0 Å². The fourth-order valence-corrected chi connectivity index (χ4v) is 0.918. The summed E-state index contributed by atoms with van der Waals surface area (Å²) in [6, 6.07) is 2.65. The van der Waals surface area contributed by atoms with Gasteiger partial charge in [-0.25, -0.2) is 8.78 Å². The minimum atomic E-state index is -2.44. The highest BCUT2D eigenvalue weighted by atomic mass is 19.3. The van der Waals surface area contributed by atoms with E-state index in [2.05, 4.69) is 11.2 Å². The van der Waals surface area contributed by atoms with Gasteiger partial charge in [0.05, 0.1) is 6.20 Å². The van der Waals surface area contributed by atoms with Crippen molar-refractivity contribution in [1.29, 1.82) is 0 Å². The second-order valence-electron chi connectivity index (χ2n) is 3.97. The topological polar surface area (TPSA) is 12.9 Å². The zero-order valence-electron chi connectivity index (χ0n) is 7.94. The first-order valence-electron chi connectivity index (χ1n) is 4.08. The molecular weight excluding hydrogens is 172 g/mol. The smallest absolute Gasteiger partial charge is 0.251 e. The van der Waals surface area contributed by atoms with E-state index in [1.54, 1.807) is 0 Å². The van der Waals surface area contributed by atoms with Crippen molar-refractivity contribution in [2.75, 3.05) is 0 Å². The Labute approximate surface area is 76.8 Å². The molecule has 0 saturated carbocycles. The van der Waals surface area contributed by atoms with Crippen molar-refractivity contribution in [3.8, 4) is 0 Å². The number of nitrogens with zero attached hydrogens (tertiary/aromatic N) is 1. The molecule has 0 fully saturated rings. The summed E-state index contributed by atoms with van der Waals surface area (Å²) in [4.78, 5) is 3.93. The molecule has 1 radical (unpaired) electrons. The fourth-order valence-electron chi connectivity index (χ4n) is 0.918. The molecule has 0 aliphatic heterocycles. The molecule has 1 aromatic rings. The Morgan fingerprint density at radius 3 is 2.46 bits per heavy atom. The summed E-state index contributed by atoms with van der Waals surface area (Å²) in [6.45, 7) is 5.79. The van der Waals surface area contributed by atoms with E-state index in [9.17, 15) is 8.78 Å². The van der Waals surface area contributed by atoms with Gasteiger partial charge in [-0.3, -0.25) is 4.98 Å². The number of aromatic nitrogens is 1. The van der Waals surface area contributed by atoms with Crippen LogP contribution in [-0.2, 0) is 5.41 Å². The molecule has 0 bridgehead atoms. The lowest BCUT2D eigenvalue weighted by Gasteiger charge is -2.17. The molecule has 0 aromatic carbocycles. The summed E-state index contributed by atoms with van der Waals surface area (Å²) in [7, 11) is 0. The molecular formula is C10H12F2N. The molecule has 0 amide bonds. The molecule has 1 heterocycles. The maximum atomic E-state index is 12.3. The molecule has 0 unspecified atom stereocenters. The average Bonchev–Trinajstić information content (AvgIpc) is 2.03. The third kappa shape index (κ3) is 2.47. The van der Waals surface area contributed by atoms with Crippen LogP contribution in [0.5, 0.6) is 0 Å². The quantitative estimate of drug-likeness (QED) is 0.653. The van der Waals surface area contributed by atoms with Gasteiger partial charge in [-0.05, 0) is 12.1 Å². The molecule has 0 spiro atoms. The second kappa shape index (κ2) is 3.40. The van der Waals surface area contributed by atoms with Crippen LogP contribution in [0.25, 0.3) is 0 Å². The molecule has 13 heavy (non-hydrogen) atoms. The first-order valence-corrected chi connectivity index (χ1v) is 4.08. The van der Waals surface area contributed by atoms with Crippen molar-refractivity contribution >= 4 is 0 Å². The monoisotopic (exact) mass is 184 g/mol. The van der Waals surface area contributed by atoms with E-state index in [0.29, 0.717) is 5.69 Å². The number of rotatable bonds is 1.